The molecule has 6 nitrogen and oxygen atoms in total. The molecular weight excluding hydrogens is 352 g/mol. The van der Waals surface area contributed by atoms with Crippen LogP contribution in [0.3, 0.4) is 0 Å². The van der Waals surface area contributed by atoms with Crippen molar-refractivity contribution in [2.24, 2.45) is 0 Å². The maximum atomic E-state index is 12.6. The zero-order valence-corrected chi connectivity index (χ0v) is 17.5. The molecule has 0 atom stereocenters. The smallest absolute Gasteiger partial charge is 0.339 e. The van der Waals surface area contributed by atoms with Gasteiger partial charge in [0.15, 0.2) is 0 Å². The van der Waals surface area contributed by atoms with Crippen LogP contribution in [-0.2, 0) is 4.74 Å². The number of carbonyl (C=O) groups excluding carboxylic acids is 1. The van der Waals surface area contributed by atoms with Crippen LogP contribution in [0.1, 0.15) is 37.6 Å². The number of nitrogens with zero attached hydrogens (tertiary/aromatic N) is 3. The van der Waals surface area contributed by atoms with E-state index in [-0.39, 0.29) is 5.97 Å². The van der Waals surface area contributed by atoms with Crippen molar-refractivity contribution in [3.05, 3.63) is 36.0 Å². The van der Waals surface area contributed by atoms with Crippen molar-refractivity contribution in [1.82, 2.24) is 15.2 Å². The van der Waals surface area contributed by atoms with Crippen LogP contribution in [0.15, 0.2) is 30.5 Å². The highest BCUT2D eigenvalue weighted by Crippen LogP contribution is 2.25. The minimum atomic E-state index is -0.523. The van der Waals surface area contributed by atoms with Gasteiger partial charge in [-0.25, -0.2) is 4.79 Å². The molecule has 2 heterocycles. The highest BCUT2D eigenvalue weighted by atomic mass is 16.6. The fourth-order valence-electron chi connectivity index (χ4n) is 3.48. The molecular formula is C22H32N4O2. The number of carbonyl (C=O) groups is 1. The molecule has 1 fully saturated rings. The molecule has 1 aliphatic rings. The van der Waals surface area contributed by atoms with E-state index < -0.39 is 5.60 Å². The van der Waals surface area contributed by atoms with Crippen molar-refractivity contribution < 1.29 is 9.53 Å². The lowest BCUT2D eigenvalue weighted by Crippen LogP contribution is -2.44. The largest absolute Gasteiger partial charge is 0.456 e. The van der Waals surface area contributed by atoms with E-state index in [1.807, 2.05) is 32.9 Å². The van der Waals surface area contributed by atoms with Crippen molar-refractivity contribution in [3.8, 4) is 0 Å². The number of fused-ring (bicyclic) bond motifs is 1. The van der Waals surface area contributed by atoms with Gasteiger partial charge >= 0.3 is 5.97 Å². The zero-order valence-electron chi connectivity index (χ0n) is 17.5. The summed E-state index contributed by atoms with van der Waals surface area (Å²) in [5, 5.41) is 4.23. The van der Waals surface area contributed by atoms with Crippen LogP contribution in [-0.4, -0.2) is 67.8 Å². The van der Waals surface area contributed by atoms with Crippen LogP contribution in [0.5, 0.6) is 0 Å². The fourth-order valence-corrected chi connectivity index (χ4v) is 3.48. The molecule has 1 aromatic heterocycles. The molecule has 0 amide bonds. The first-order chi connectivity index (χ1) is 13.3. The molecule has 28 heavy (non-hydrogen) atoms. The average molecular weight is 385 g/mol. The maximum absolute atomic E-state index is 12.6. The van der Waals surface area contributed by atoms with Crippen molar-refractivity contribution in [2.75, 3.05) is 51.2 Å². The summed E-state index contributed by atoms with van der Waals surface area (Å²) in [5.74, 6) is -0.307. The Morgan fingerprint density at radius 1 is 1.25 bits per heavy atom. The summed E-state index contributed by atoms with van der Waals surface area (Å²) in [6.07, 6.45) is 2.78. The molecule has 1 saturated heterocycles. The molecule has 0 radical (unpaired) electrons. The molecule has 3 rings (SSSR count). The van der Waals surface area contributed by atoms with Gasteiger partial charge < -0.3 is 19.9 Å². The number of anilines is 1. The second-order valence-electron chi connectivity index (χ2n) is 8.43. The summed E-state index contributed by atoms with van der Waals surface area (Å²) in [4.78, 5) is 21.8. The Balaban J connectivity index is 1.71. The first kappa shape index (κ1) is 20.6. The second kappa shape index (κ2) is 8.88. The minimum Gasteiger partial charge on any atom is -0.456 e. The minimum absolute atomic E-state index is 0.307. The van der Waals surface area contributed by atoms with Gasteiger partial charge in [-0.2, -0.15) is 0 Å². The van der Waals surface area contributed by atoms with Gasteiger partial charge in [-0.1, -0.05) is 0 Å². The molecule has 1 aromatic carbocycles. The van der Waals surface area contributed by atoms with E-state index >= 15 is 0 Å². The number of hydrogen-bond donors (Lipinski definition) is 1. The molecule has 0 unspecified atom stereocenters. The van der Waals surface area contributed by atoms with Gasteiger partial charge in [0.05, 0.1) is 11.1 Å². The monoisotopic (exact) mass is 384 g/mol. The summed E-state index contributed by atoms with van der Waals surface area (Å²) in [6, 6.07) is 7.83. The number of rotatable bonds is 6. The Morgan fingerprint density at radius 3 is 2.71 bits per heavy atom. The van der Waals surface area contributed by atoms with Gasteiger partial charge in [-0.05, 0) is 58.0 Å². The van der Waals surface area contributed by atoms with Crippen molar-refractivity contribution in [2.45, 2.75) is 32.8 Å². The second-order valence-corrected chi connectivity index (χ2v) is 8.43. The standard InChI is InChI=1S/C22H32N4O2/c1-22(2,3)28-21(27)18-8-9-24-20-7-6-17(16-19(18)20)25(4)12-5-13-26-14-10-23-11-15-26/h6-9,16,23H,5,10-15H2,1-4H3. The lowest BCUT2D eigenvalue weighted by molar-refractivity contribution is 0.00718. The number of esters is 1. The number of hydrogen-bond acceptors (Lipinski definition) is 6. The third-order valence-electron chi connectivity index (χ3n) is 4.96. The molecule has 1 N–H and O–H groups in total. The Labute approximate surface area is 167 Å². The Morgan fingerprint density at radius 2 is 2.00 bits per heavy atom. The normalized spacial score (nSPS) is 15.6. The first-order valence-corrected chi connectivity index (χ1v) is 10.1. The van der Waals surface area contributed by atoms with Crippen LogP contribution < -0.4 is 10.2 Å². The van der Waals surface area contributed by atoms with E-state index in [1.54, 1.807) is 12.3 Å². The number of ether oxygens (including phenoxy) is 1. The lowest BCUT2D eigenvalue weighted by Gasteiger charge is -2.28. The van der Waals surface area contributed by atoms with Crippen LogP contribution in [0.4, 0.5) is 5.69 Å². The number of aromatic nitrogens is 1. The third kappa shape index (κ3) is 5.42. The molecule has 0 bridgehead atoms. The van der Waals surface area contributed by atoms with Gasteiger partial charge in [0.2, 0.25) is 0 Å². The third-order valence-corrected chi connectivity index (χ3v) is 4.96. The van der Waals surface area contributed by atoms with E-state index in [4.69, 9.17) is 4.74 Å². The first-order valence-electron chi connectivity index (χ1n) is 10.1. The van der Waals surface area contributed by atoms with Crippen LogP contribution in [0.25, 0.3) is 10.9 Å². The maximum Gasteiger partial charge on any atom is 0.339 e. The molecule has 6 heteroatoms. The number of pyridine rings is 1. The van der Waals surface area contributed by atoms with Crippen LogP contribution in [0.2, 0.25) is 0 Å². The molecule has 0 saturated carbocycles. The molecule has 1 aliphatic heterocycles. The topological polar surface area (TPSA) is 57.7 Å². The Kier molecular flexibility index (Phi) is 6.52. The zero-order chi connectivity index (χ0) is 20.1. The van der Waals surface area contributed by atoms with Gasteiger partial charge in [0.1, 0.15) is 5.60 Å². The molecule has 0 aliphatic carbocycles. The van der Waals surface area contributed by atoms with Crippen LogP contribution >= 0.6 is 0 Å². The van der Waals surface area contributed by atoms with Crippen molar-refractivity contribution in [1.29, 1.82) is 0 Å². The Bertz CT molecular complexity index is 810. The average Bonchev–Trinajstić information content (AvgIpc) is 2.66. The molecule has 2 aromatic rings. The Hall–Kier alpha value is -2.18. The predicted molar refractivity (Wildman–Crippen MR) is 114 cm³/mol. The summed E-state index contributed by atoms with van der Waals surface area (Å²) in [5.41, 5.74) is 1.94. The van der Waals surface area contributed by atoms with Gasteiger partial charge in [-0.15, -0.1) is 0 Å². The van der Waals surface area contributed by atoms with Crippen molar-refractivity contribution in [3.63, 3.8) is 0 Å². The van der Waals surface area contributed by atoms with Gasteiger partial charge in [-0.3, -0.25) is 4.98 Å². The SMILES string of the molecule is CN(CCCN1CCNCC1)c1ccc2nccc(C(=O)OC(C)(C)C)c2c1. The van der Waals surface area contributed by atoms with E-state index in [0.717, 1.165) is 62.3 Å². The summed E-state index contributed by atoms with van der Waals surface area (Å²) in [6.45, 7) is 12.2. The number of piperazine rings is 1. The lowest BCUT2D eigenvalue weighted by atomic mass is 10.1. The van der Waals surface area contributed by atoms with Crippen LogP contribution in [0, 0.1) is 0 Å². The summed E-state index contributed by atoms with van der Waals surface area (Å²) < 4.78 is 5.57. The predicted octanol–water partition coefficient (Wildman–Crippen LogP) is 2.92. The van der Waals surface area contributed by atoms with E-state index in [2.05, 4.69) is 33.2 Å². The molecule has 152 valence electrons. The highest BCUT2D eigenvalue weighted by Gasteiger charge is 2.20. The van der Waals surface area contributed by atoms with E-state index in [1.165, 1.54) is 0 Å². The number of nitrogens with one attached hydrogen (secondary N) is 1. The van der Waals surface area contributed by atoms with Gasteiger partial charge in [0.25, 0.3) is 0 Å². The molecule has 0 spiro atoms. The highest BCUT2D eigenvalue weighted by molar-refractivity contribution is 6.04. The van der Waals surface area contributed by atoms with E-state index in [9.17, 15) is 4.79 Å². The van der Waals surface area contributed by atoms with Crippen molar-refractivity contribution >= 4 is 22.6 Å². The summed E-state index contributed by atoms with van der Waals surface area (Å²) >= 11 is 0. The summed E-state index contributed by atoms with van der Waals surface area (Å²) in [7, 11) is 2.10. The van der Waals surface area contributed by atoms with E-state index in [0.29, 0.717) is 5.56 Å². The fraction of sp³-hybridized carbons (Fsp3) is 0.545. The quantitative estimate of drug-likeness (QED) is 0.773. The number of benzene rings is 1. The van der Waals surface area contributed by atoms with Gasteiger partial charge in [0, 0.05) is 57.0 Å².